The van der Waals surface area contributed by atoms with Crippen LogP contribution in [-0.4, -0.2) is 36.8 Å². The summed E-state index contributed by atoms with van der Waals surface area (Å²) in [6, 6.07) is 20.1. The lowest BCUT2D eigenvalue weighted by molar-refractivity contribution is -0.968. The highest BCUT2D eigenvalue weighted by molar-refractivity contribution is 5.31. The van der Waals surface area contributed by atoms with E-state index in [0.29, 0.717) is 5.92 Å². The van der Waals surface area contributed by atoms with Crippen LogP contribution in [0.5, 0.6) is 5.75 Å². The van der Waals surface area contributed by atoms with E-state index in [9.17, 15) is 0 Å². The minimum Gasteiger partial charge on any atom is -1.00 e. The highest BCUT2D eigenvalue weighted by atomic mass is 79.9. The number of rotatable bonds is 10. The molecule has 0 radical (unpaired) electrons. The van der Waals surface area contributed by atoms with Gasteiger partial charge >= 0.3 is 0 Å². The van der Waals surface area contributed by atoms with E-state index in [1.54, 1.807) is 7.11 Å². The predicted molar refractivity (Wildman–Crippen MR) is 139 cm³/mol. The van der Waals surface area contributed by atoms with Crippen molar-refractivity contribution in [1.82, 2.24) is 0 Å². The number of quaternary nitrogens is 1. The first kappa shape index (κ1) is 26.7. The Morgan fingerprint density at radius 3 is 2.40 bits per heavy atom. The third kappa shape index (κ3) is 4.28. The molecule has 0 bridgehead atoms. The number of halogens is 1. The number of benzene rings is 2. The largest absolute Gasteiger partial charge is 1.00 e. The van der Waals surface area contributed by atoms with Crippen molar-refractivity contribution in [1.29, 1.82) is 0 Å². The topological polar surface area (TPSA) is 18.5 Å². The quantitative estimate of drug-likeness (QED) is 0.335. The lowest BCUT2D eigenvalue weighted by Crippen LogP contribution is -3.00. The summed E-state index contributed by atoms with van der Waals surface area (Å²) >= 11 is 0. The summed E-state index contributed by atoms with van der Waals surface area (Å²) in [5.74, 6) is 3.07. The van der Waals surface area contributed by atoms with Crippen LogP contribution in [0, 0.1) is 17.8 Å². The van der Waals surface area contributed by atoms with Gasteiger partial charge in [0.2, 0.25) is 0 Å². The Morgan fingerprint density at radius 1 is 0.971 bits per heavy atom. The number of methoxy groups -OCH3 is 1. The fourth-order valence-corrected chi connectivity index (χ4v) is 8.50. The van der Waals surface area contributed by atoms with Gasteiger partial charge < -0.3 is 30.9 Å². The smallest absolute Gasteiger partial charge is 0.150 e. The maximum absolute atomic E-state index is 7.15. The van der Waals surface area contributed by atoms with Gasteiger partial charge in [-0.1, -0.05) is 63.4 Å². The molecule has 2 heterocycles. The first-order chi connectivity index (χ1) is 16.5. The third-order valence-corrected chi connectivity index (χ3v) is 9.93. The number of ether oxygens (including phenoxy) is 2. The molecular weight excluding hydrogens is 498 g/mol. The van der Waals surface area contributed by atoms with Gasteiger partial charge in [0.15, 0.2) is 5.60 Å². The van der Waals surface area contributed by atoms with Crippen LogP contribution < -0.4 is 21.7 Å². The minimum absolute atomic E-state index is 0. The van der Waals surface area contributed by atoms with Crippen LogP contribution in [0.1, 0.15) is 70.4 Å². The molecule has 2 saturated heterocycles. The summed E-state index contributed by atoms with van der Waals surface area (Å²) in [6.45, 7) is 11.8. The molecule has 0 amide bonds. The SMILES string of the molecule is CCCCCCO[C@]1(c2ccccc2)C[N@+]2(Cc3ccc(OC)cc3)C[C@@H](C)[C@@H]3CC[C@H]1[C@@]32C.[Br-]. The van der Waals surface area contributed by atoms with E-state index in [-0.39, 0.29) is 28.1 Å². The van der Waals surface area contributed by atoms with Gasteiger partial charge in [-0.3, -0.25) is 0 Å². The summed E-state index contributed by atoms with van der Waals surface area (Å²) in [5.41, 5.74) is 2.92. The van der Waals surface area contributed by atoms with E-state index in [0.717, 1.165) is 37.3 Å². The van der Waals surface area contributed by atoms with Crippen LogP contribution in [0.25, 0.3) is 0 Å². The van der Waals surface area contributed by atoms with Gasteiger partial charge in [-0.15, -0.1) is 0 Å². The molecule has 0 N–H and O–H groups in total. The number of nitrogens with zero attached hydrogens (tertiary/aromatic N) is 1. The molecule has 0 unspecified atom stereocenters. The third-order valence-electron chi connectivity index (χ3n) is 9.93. The van der Waals surface area contributed by atoms with Gasteiger partial charge in [0.1, 0.15) is 24.4 Å². The summed E-state index contributed by atoms with van der Waals surface area (Å²) in [7, 11) is 1.75. The van der Waals surface area contributed by atoms with Crippen molar-refractivity contribution in [3.63, 3.8) is 0 Å². The molecular formula is C31H44BrNO2. The summed E-state index contributed by atoms with van der Waals surface area (Å²) in [6.07, 6.45) is 7.65. The van der Waals surface area contributed by atoms with Gasteiger partial charge in [0.05, 0.1) is 19.6 Å². The lowest BCUT2D eigenvalue weighted by atomic mass is 9.73. The van der Waals surface area contributed by atoms with Gasteiger partial charge in [-0.05, 0) is 56.0 Å². The fourth-order valence-electron chi connectivity index (χ4n) is 8.50. The molecule has 192 valence electrons. The van der Waals surface area contributed by atoms with Crippen molar-refractivity contribution in [3.05, 3.63) is 65.7 Å². The average molecular weight is 543 g/mol. The molecule has 1 aliphatic carbocycles. The number of hydrogen-bond donors (Lipinski definition) is 0. The van der Waals surface area contributed by atoms with Crippen LogP contribution in [0.3, 0.4) is 0 Å². The molecule has 0 spiro atoms. The zero-order chi connectivity index (χ0) is 23.8. The second kappa shape index (κ2) is 10.6. The molecule has 3 aliphatic rings. The second-order valence-corrected chi connectivity index (χ2v) is 11.6. The Labute approximate surface area is 223 Å². The predicted octanol–water partition coefficient (Wildman–Crippen LogP) is 3.96. The van der Waals surface area contributed by atoms with Crippen LogP contribution in [-0.2, 0) is 16.9 Å². The summed E-state index contributed by atoms with van der Waals surface area (Å²) in [5, 5.41) is 0. The Morgan fingerprint density at radius 2 is 1.71 bits per heavy atom. The minimum atomic E-state index is -0.177. The average Bonchev–Trinajstić information content (AvgIpc) is 3.40. The normalized spacial score (nSPS) is 35.0. The first-order valence-electron chi connectivity index (χ1n) is 13.7. The van der Waals surface area contributed by atoms with Crippen molar-refractivity contribution >= 4 is 0 Å². The van der Waals surface area contributed by atoms with E-state index in [1.165, 1.54) is 60.7 Å². The standard InChI is InChI=1S/C31H44NO2.BrH/c1-5-6-7-11-20-34-31(26-12-9-8-10-13-26)23-32(22-25-14-16-27(33-4)17-15-25)21-24(2)28-18-19-29(31)30(28,32)3;/h8-10,12-17,24,28-29H,5-7,11,18-23H2,1-4H3;1H/q+1;/p-1/t24-,28+,29+,30-,31+,32-;/m1./s1. The maximum Gasteiger partial charge on any atom is 0.150 e. The Hall–Kier alpha value is -1.36. The van der Waals surface area contributed by atoms with Gasteiger partial charge in [-0.25, -0.2) is 0 Å². The second-order valence-electron chi connectivity index (χ2n) is 11.6. The zero-order valence-corrected chi connectivity index (χ0v) is 23.7. The Kier molecular flexibility index (Phi) is 8.05. The summed E-state index contributed by atoms with van der Waals surface area (Å²) < 4.78 is 13.8. The highest BCUT2D eigenvalue weighted by Crippen LogP contribution is 2.68. The fraction of sp³-hybridized carbons (Fsp3) is 0.613. The van der Waals surface area contributed by atoms with Crippen molar-refractivity contribution in [3.8, 4) is 5.75 Å². The van der Waals surface area contributed by atoms with Gasteiger partial charge in [0, 0.05) is 24.0 Å². The van der Waals surface area contributed by atoms with Crippen LogP contribution >= 0.6 is 0 Å². The zero-order valence-electron chi connectivity index (χ0n) is 22.1. The van der Waals surface area contributed by atoms with E-state index >= 15 is 0 Å². The van der Waals surface area contributed by atoms with Crippen LogP contribution in [0.15, 0.2) is 54.6 Å². The van der Waals surface area contributed by atoms with Crippen molar-refractivity contribution < 1.29 is 30.9 Å². The molecule has 2 aromatic carbocycles. The van der Waals surface area contributed by atoms with E-state index in [2.05, 4.69) is 75.4 Å². The monoisotopic (exact) mass is 541 g/mol. The Balaban J connectivity index is 0.00000289. The van der Waals surface area contributed by atoms with Crippen molar-refractivity contribution in [2.75, 3.05) is 26.8 Å². The van der Waals surface area contributed by atoms with Gasteiger partial charge in [-0.2, -0.15) is 0 Å². The van der Waals surface area contributed by atoms with Crippen molar-refractivity contribution in [2.45, 2.75) is 77.0 Å². The van der Waals surface area contributed by atoms with Gasteiger partial charge in [0.25, 0.3) is 0 Å². The molecule has 0 aromatic heterocycles. The molecule has 6 atom stereocenters. The summed E-state index contributed by atoms with van der Waals surface area (Å²) in [4.78, 5) is 0. The molecule has 2 aromatic rings. The molecule has 1 saturated carbocycles. The lowest BCUT2D eigenvalue weighted by Gasteiger charge is -2.43. The molecule has 5 rings (SSSR count). The van der Waals surface area contributed by atoms with E-state index in [1.807, 2.05) is 0 Å². The van der Waals surface area contributed by atoms with Crippen molar-refractivity contribution in [2.24, 2.45) is 17.8 Å². The molecule has 4 heteroatoms. The molecule has 35 heavy (non-hydrogen) atoms. The number of unbranched alkanes of at least 4 members (excludes halogenated alkanes) is 3. The maximum atomic E-state index is 7.15. The Bertz CT molecular complexity index is 966. The van der Waals surface area contributed by atoms with Crippen LogP contribution in [0.2, 0.25) is 0 Å². The molecule has 3 fully saturated rings. The van der Waals surface area contributed by atoms with Crippen LogP contribution in [0.4, 0.5) is 0 Å². The van der Waals surface area contributed by atoms with E-state index < -0.39 is 0 Å². The molecule has 3 nitrogen and oxygen atoms in total. The first-order valence-corrected chi connectivity index (χ1v) is 13.7. The highest BCUT2D eigenvalue weighted by Gasteiger charge is 2.78. The number of hydrogen-bond acceptors (Lipinski definition) is 2. The molecule has 2 aliphatic heterocycles. The van der Waals surface area contributed by atoms with E-state index in [4.69, 9.17) is 9.47 Å².